The lowest BCUT2D eigenvalue weighted by molar-refractivity contribution is 0.0576. The fourth-order valence-electron chi connectivity index (χ4n) is 1.87. The maximum atomic E-state index is 5.83. The highest BCUT2D eigenvalue weighted by molar-refractivity contribution is 7.98. The van der Waals surface area contributed by atoms with Crippen LogP contribution >= 0.6 is 23.4 Å². The third-order valence-electron chi connectivity index (χ3n) is 3.97. The molecule has 0 saturated carbocycles. The molecule has 132 valence electrons. The molecule has 0 atom stereocenters. The van der Waals surface area contributed by atoms with E-state index in [0.717, 1.165) is 17.1 Å². The second kappa shape index (κ2) is 8.56. The Bertz CT molecular complexity index is 659. The third kappa shape index (κ3) is 5.12. The Morgan fingerprint density at radius 2 is 2.08 bits per heavy atom. The van der Waals surface area contributed by atoms with E-state index in [-0.39, 0.29) is 0 Å². The van der Waals surface area contributed by atoms with Gasteiger partial charge in [0.15, 0.2) is 11.0 Å². The van der Waals surface area contributed by atoms with Gasteiger partial charge in [-0.05, 0) is 43.1 Å². The van der Waals surface area contributed by atoms with Crippen molar-refractivity contribution < 1.29 is 4.74 Å². The van der Waals surface area contributed by atoms with E-state index < -0.39 is 0 Å². The standard InChI is InChI=1S/C16H24ClN4OS2/c1-16(2,24(4)5)8-9-22-11-21-15(23-3)19-14(20-21)12-6-7-13(17)18-10-12/h6-7,10H,8-9,11H2,1-5H3/q+1. The monoisotopic (exact) mass is 387 g/mol. The predicted octanol–water partition coefficient (Wildman–Crippen LogP) is 3.74. The van der Waals surface area contributed by atoms with Gasteiger partial charge in [0.1, 0.15) is 16.6 Å². The minimum Gasteiger partial charge on any atom is -0.359 e. The van der Waals surface area contributed by atoms with Gasteiger partial charge >= 0.3 is 0 Å². The lowest BCUT2D eigenvalue weighted by Crippen LogP contribution is -2.31. The molecule has 0 saturated heterocycles. The first-order valence-corrected chi connectivity index (χ1v) is 11.2. The van der Waals surface area contributed by atoms with E-state index in [4.69, 9.17) is 16.3 Å². The SMILES string of the molecule is CSc1nc(-c2ccc(Cl)nc2)nn1COCCC(C)(C)[S+](C)C. The molecule has 0 aliphatic rings. The molecule has 0 N–H and O–H groups in total. The zero-order chi connectivity index (χ0) is 17.7. The molecule has 2 heterocycles. The molecule has 0 aliphatic carbocycles. The number of pyridine rings is 1. The molecule has 0 aromatic carbocycles. The minimum absolute atomic E-state index is 0.296. The normalized spacial score (nSPS) is 12.1. The Kier molecular flexibility index (Phi) is 6.98. The first-order valence-electron chi connectivity index (χ1n) is 7.59. The van der Waals surface area contributed by atoms with E-state index in [9.17, 15) is 0 Å². The van der Waals surface area contributed by atoms with Crippen molar-refractivity contribution in [3.05, 3.63) is 23.5 Å². The number of hydrogen-bond donors (Lipinski definition) is 0. The maximum Gasteiger partial charge on any atom is 0.188 e. The van der Waals surface area contributed by atoms with Gasteiger partial charge in [-0.1, -0.05) is 23.4 Å². The van der Waals surface area contributed by atoms with Crippen molar-refractivity contribution in [2.24, 2.45) is 0 Å². The van der Waals surface area contributed by atoms with Gasteiger partial charge in [0, 0.05) is 18.2 Å². The zero-order valence-corrected chi connectivity index (χ0v) is 17.1. The van der Waals surface area contributed by atoms with Crippen LogP contribution in [0.2, 0.25) is 5.15 Å². The molecule has 2 rings (SSSR count). The summed E-state index contributed by atoms with van der Waals surface area (Å²) < 4.78 is 7.92. The van der Waals surface area contributed by atoms with E-state index in [0.29, 0.717) is 40.0 Å². The van der Waals surface area contributed by atoms with Gasteiger partial charge in [0.25, 0.3) is 0 Å². The highest BCUT2D eigenvalue weighted by Gasteiger charge is 2.30. The summed E-state index contributed by atoms with van der Waals surface area (Å²) in [6.45, 7) is 5.69. The van der Waals surface area contributed by atoms with Crippen LogP contribution in [0.4, 0.5) is 0 Å². The Morgan fingerprint density at radius 3 is 2.67 bits per heavy atom. The van der Waals surface area contributed by atoms with E-state index in [1.54, 1.807) is 28.7 Å². The van der Waals surface area contributed by atoms with Gasteiger partial charge in [-0.2, -0.15) is 0 Å². The molecule has 0 fully saturated rings. The zero-order valence-electron chi connectivity index (χ0n) is 14.7. The maximum absolute atomic E-state index is 5.83. The largest absolute Gasteiger partial charge is 0.359 e. The van der Waals surface area contributed by atoms with Crippen molar-refractivity contribution in [3.63, 3.8) is 0 Å². The Morgan fingerprint density at radius 1 is 1.33 bits per heavy atom. The number of ether oxygens (including phenoxy) is 1. The second-order valence-electron chi connectivity index (χ2n) is 6.15. The Hall–Kier alpha value is -0.760. The van der Waals surface area contributed by atoms with Crippen LogP contribution in [0, 0.1) is 0 Å². The van der Waals surface area contributed by atoms with Crippen LogP contribution in [0.5, 0.6) is 0 Å². The van der Waals surface area contributed by atoms with E-state index in [1.807, 2.05) is 12.3 Å². The van der Waals surface area contributed by atoms with Crippen LogP contribution in [0.25, 0.3) is 11.4 Å². The predicted molar refractivity (Wildman–Crippen MR) is 104 cm³/mol. The number of rotatable bonds is 8. The summed E-state index contributed by atoms with van der Waals surface area (Å²) in [5, 5.41) is 5.81. The molecule has 2 aromatic heterocycles. The van der Waals surface area contributed by atoms with E-state index >= 15 is 0 Å². The van der Waals surface area contributed by atoms with Crippen LogP contribution in [0.15, 0.2) is 23.5 Å². The van der Waals surface area contributed by atoms with Crippen molar-refractivity contribution in [1.29, 1.82) is 0 Å². The lowest BCUT2D eigenvalue weighted by atomic mass is 10.1. The van der Waals surface area contributed by atoms with Crippen molar-refractivity contribution in [2.75, 3.05) is 25.4 Å². The molecule has 8 heteroatoms. The average Bonchev–Trinajstić information content (AvgIpc) is 2.95. The highest BCUT2D eigenvalue weighted by atomic mass is 35.5. The quantitative estimate of drug-likeness (QED) is 0.299. The first kappa shape index (κ1) is 19.6. The summed E-state index contributed by atoms with van der Waals surface area (Å²) in [6.07, 6.45) is 9.23. The summed E-state index contributed by atoms with van der Waals surface area (Å²) in [5.41, 5.74) is 0.843. The summed E-state index contributed by atoms with van der Waals surface area (Å²) >= 11 is 7.37. The van der Waals surface area contributed by atoms with Crippen LogP contribution < -0.4 is 0 Å². The molecule has 24 heavy (non-hydrogen) atoms. The van der Waals surface area contributed by atoms with Crippen LogP contribution in [0.3, 0.4) is 0 Å². The van der Waals surface area contributed by atoms with Gasteiger partial charge in [0.2, 0.25) is 0 Å². The van der Waals surface area contributed by atoms with Gasteiger partial charge in [-0.3, -0.25) is 0 Å². The third-order valence-corrected chi connectivity index (χ3v) is 7.28. The minimum atomic E-state index is 0.296. The van der Waals surface area contributed by atoms with Crippen LogP contribution in [0.1, 0.15) is 20.3 Å². The molecule has 0 radical (unpaired) electrons. The fourth-order valence-corrected chi connectivity index (χ4v) is 2.95. The summed E-state index contributed by atoms with van der Waals surface area (Å²) in [5.74, 6) is 0.635. The number of aromatic nitrogens is 4. The molecule has 0 amide bonds. The smallest absolute Gasteiger partial charge is 0.188 e. The number of nitrogens with zero attached hydrogens (tertiary/aromatic N) is 4. The second-order valence-corrected chi connectivity index (χ2v) is 10.1. The van der Waals surface area contributed by atoms with Crippen LogP contribution in [-0.4, -0.2) is 49.9 Å². The summed E-state index contributed by atoms with van der Waals surface area (Å²) in [7, 11) is 0.361. The van der Waals surface area contributed by atoms with Crippen LogP contribution in [-0.2, 0) is 22.4 Å². The molecule has 0 unspecified atom stereocenters. The Balaban J connectivity index is 1.99. The Labute approximate surface area is 155 Å². The molecule has 0 spiro atoms. The molecule has 0 aliphatic heterocycles. The number of halogens is 1. The van der Waals surface area contributed by atoms with Gasteiger partial charge < -0.3 is 4.74 Å². The van der Waals surface area contributed by atoms with E-state index in [1.165, 1.54) is 0 Å². The highest BCUT2D eigenvalue weighted by Crippen LogP contribution is 2.22. The molecule has 0 bridgehead atoms. The average molecular weight is 388 g/mol. The van der Waals surface area contributed by atoms with Gasteiger partial charge in [-0.25, -0.2) is 14.6 Å². The van der Waals surface area contributed by atoms with Gasteiger partial charge in [0.05, 0.1) is 19.1 Å². The number of hydrogen-bond acceptors (Lipinski definition) is 5. The van der Waals surface area contributed by atoms with Crippen molar-refractivity contribution in [2.45, 2.75) is 36.9 Å². The van der Waals surface area contributed by atoms with Crippen molar-refractivity contribution in [3.8, 4) is 11.4 Å². The van der Waals surface area contributed by atoms with Crippen molar-refractivity contribution in [1.82, 2.24) is 19.7 Å². The fraction of sp³-hybridized carbons (Fsp3) is 0.562. The van der Waals surface area contributed by atoms with Crippen molar-refractivity contribution >= 4 is 34.3 Å². The number of thioether (sulfide) groups is 1. The summed E-state index contributed by atoms with van der Waals surface area (Å²) in [6, 6.07) is 3.60. The molecule has 5 nitrogen and oxygen atoms in total. The first-order chi connectivity index (χ1) is 11.3. The summed E-state index contributed by atoms with van der Waals surface area (Å²) in [4.78, 5) is 8.62. The van der Waals surface area contributed by atoms with Gasteiger partial charge in [-0.15, -0.1) is 5.10 Å². The topological polar surface area (TPSA) is 52.8 Å². The lowest BCUT2D eigenvalue weighted by Gasteiger charge is -2.20. The van der Waals surface area contributed by atoms with E-state index in [2.05, 4.69) is 41.4 Å². The molecule has 2 aromatic rings. The molecular weight excluding hydrogens is 364 g/mol. The molecular formula is C16H24ClN4OS2+.